The topological polar surface area (TPSA) is 59.2 Å². The monoisotopic (exact) mass is 309 g/mol. The number of hydrogen-bond acceptors (Lipinski definition) is 3. The van der Waals surface area contributed by atoms with Gasteiger partial charge in [0.15, 0.2) is 0 Å². The molecule has 94 valence electrons. The van der Waals surface area contributed by atoms with E-state index in [0.717, 1.165) is 6.20 Å². The molecule has 0 aliphatic heterocycles. The summed E-state index contributed by atoms with van der Waals surface area (Å²) in [6, 6.07) is 0. The number of pyridine rings is 1. The average molecular weight is 310 g/mol. The van der Waals surface area contributed by atoms with Gasteiger partial charge in [-0.1, -0.05) is 0 Å². The summed E-state index contributed by atoms with van der Waals surface area (Å²) in [5, 5.41) is 0. The summed E-state index contributed by atoms with van der Waals surface area (Å²) < 4.78 is 29.4. The highest BCUT2D eigenvalue weighted by molar-refractivity contribution is 9.10. The lowest BCUT2D eigenvalue weighted by Gasteiger charge is -2.06. The summed E-state index contributed by atoms with van der Waals surface area (Å²) in [5.74, 6) is -0.534. The van der Waals surface area contributed by atoms with Gasteiger partial charge in [-0.05, 0) is 22.9 Å². The van der Waals surface area contributed by atoms with E-state index in [1.54, 1.807) is 6.92 Å². The van der Waals surface area contributed by atoms with E-state index >= 15 is 0 Å². The fraction of sp³-hybridized carbons (Fsp3) is 0.400. The van der Waals surface area contributed by atoms with Crippen molar-refractivity contribution in [1.82, 2.24) is 4.98 Å². The van der Waals surface area contributed by atoms with Gasteiger partial charge in [-0.25, -0.2) is 8.78 Å². The van der Waals surface area contributed by atoms with Crippen LogP contribution in [0.2, 0.25) is 0 Å². The van der Waals surface area contributed by atoms with Gasteiger partial charge in [0.05, 0.1) is 23.1 Å². The smallest absolute Gasteiger partial charge is 0.311 e. The number of carbonyl (C=O) groups excluding carboxylic acids is 1. The number of ether oxygens (including phenoxy) is 1. The molecule has 0 saturated heterocycles. The van der Waals surface area contributed by atoms with Crippen LogP contribution in [0.1, 0.15) is 24.6 Å². The van der Waals surface area contributed by atoms with E-state index in [2.05, 4.69) is 25.7 Å². The van der Waals surface area contributed by atoms with Crippen LogP contribution in [-0.2, 0) is 16.0 Å². The molecule has 0 spiro atoms. The summed E-state index contributed by atoms with van der Waals surface area (Å²) in [4.78, 5) is 25.1. The van der Waals surface area contributed by atoms with Crippen LogP contribution in [-0.4, -0.2) is 17.6 Å². The molecule has 1 heterocycles. The van der Waals surface area contributed by atoms with Crippen molar-refractivity contribution in [2.24, 2.45) is 0 Å². The van der Waals surface area contributed by atoms with E-state index in [-0.39, 0.29) is 23.2 Å². The third kappa shape index (κ3) is 3.36. The van der Waals surface area contributed by atoms with E-state index in [4.69, 9.17) is 0 Å². The van der Waals surface area contributed by atoms with Crippen molar-refractivity contribution in [1.29, 1.82) is 0 Å². The van der Waals surface area contributed by atoms with Gasteiger partial charge in [-0.2, -0.15) is 0 Å². The molecule has 0 aromatic carbocycles. The number of esters is 1. The summed E-state index contributed by atoms with van der Waals surface area (Å²) in [7, 11) is 0. The average Bonchev–Trinajstić information content (AvgIpc) is 2.25. The zero-order chi connectivity index (χ0) is 13.0. The Morgan fingerprint density at radius 2 is 2.24 bits per heavy atom. The highest BCUT2D eigenvalue weighted by Crippen LogP contribution is 2.18. The molecule has 0 unspecified atom stereocenters. The maximum atomic E-state index is 12.4. The number of hydrogen-bond donors (Lipinski definition) is 1. The Hall–Kier alpha value is -1.24. The van der Waals surface area contributed by atoms with Gasteiger partial charge in [-0.15, -0.1) is 0 Å². The first-order valence-electron chi connectivity index (χ1n) is 4.81. The quantitative estimate of drug-likeness (QED) is 0.867. The second-order valence-corrected chi connectivity index (χ2v) is 3.94. The second kappa shape index (κ2) is 5.90. The minimum absolute atomic E-state index is 0.0663. The van der Waals surface area contributed by atoms with E-state index in [1.165, 1.54) is 0 Å². The number of rotatable bonds is 4. The molecule has 0 bridgehead atoms. The zero-order valence-electron chi connectivity index (χ0n) is 8.93. The standard InChI is InChI=1S/C10H10BrF2NO3/c1-2-17-7(15)3-6-8(11)9(16)5(4-14-6)10(12)13/h4,10H,2-3H2,1H3,(H,14,16). The van der Waals surface area contributed by atoms with Gasteiger partial charge in [0.25, 0.3) is 6.43 Å². The number of halogens is 3. The minimum Gasteiger partial charge on any atom is -0.466 e. The molecule has 0 aliphatic carbocycles. The van der Waals surface area contributed by atoms with E-state index < -0.39 is 23.4 Å². The molecule has 1 N–H and O–H groups in total. The fourth-order valence-corrected chi connectivity index (χ4v) is 1.69. The number of carbonyl (C=O) groups is 1. The van der Waals surface area contributed by atoms with Gasteiger partial charge in [0.2, 0.25) is 5.43 Å². The maximum absolute atomic E-state index is 12.4. The highest BCUT2D eigenvalue weighted by atomic mass is 79.9. The maximum Gasteiger partial charge on any atom is 0.311 e. The van der Waals surface area contributed by atoms with Crippen molar-refractivity contribution in [3.05, 3.63) is 32.2 Å². The lowest BCUT2D eigenvalue weighted by atomic mass is 10.2. The molecule has 1 aromatic heterocycles. The molecule has 0 atom stereocenters. The molecule has 0 amide bonds. The van der Waals surface area contributed by atoms with Crippen LogP contribution in [0.3, 0.4) is 0 Å². The molecule has 0 aliphatic rings. The largest absolute Gasteiger partial charge is 0.466 e. The van der Waals surface area contributed by atoms with Gasteiger partial charge in [-0.3, -0.25) is 9.59 Å². The highest BCUT2D eigenvalue weighted by Gasteiger charge is 2.18. The van der Waals surface area contributed by atoms with Gasteiger partial charge in [0.1, 0.15) is 0 Å². The van der Waals surface area contributed by atoms with E-state index in [1.807, 2.05) is 0 Å². The first kappa shape index (κ1) is 13.8. The lowest BCUT2D eigenvalue weighted by molar-refractivity contribution is -0.142. The molecule has 0 saturated carbocycles. The normalized spacial score (nSPS) is 10.6. The summed E-state index contributed by atoms with van der Waals surface area (Å²) in [5.41, 5.74) is -1.24. The molecule has 17 heavy (non-hydrogen) atoms. The third-order valence-electron chi connectivity index (χ3n) is 1.99. The van der Waals surface area contributed by atoms with Crippen molar-refractivity contribution < 1.29 is 18.3 Å². The Bertz CT molecular complexity index is 473. The molecular weight excluding hydrogens is 300 g/mol. The third-order valence-corrected chi connectivity index (χ3v) is 2.83. The van der Waals surface area contributed by atoms with Gasteiger partial charge < -0.3 is 9.72 Å². The van der Waals surface area contributed by atoms with Crippen LogP contribution in [0, 0.1) is 0 Å². The second-order valence-electron chi connectivity index (χ2n) is 3.15. The van der Waals surface area contributed by atoms with Crippen LogP contribution < -0.4 is 5.43 Å². The molecule has 1 aromatic rings. The lowest BCUT2D eigenvalue weighted by Crippen LogP contribution is -2.17. The van der Waals surface area contributed by atoms with Crippen molar-refractivity contribution in [3.63, 3.8) is 0 Å². The Balaban J connectivity index is 3.01. The predicted molar refractivity (Wildman–Crippen MR) is 60.1 cm³/mol. The Morgan fingerprint density at radius 3 is 2.76 bits per heavy atom. The fourth-order valence-electron chi connectivity index (χ4n) is 1.20. The molecule has 7 heteroatoms. The number of nitrogens with one attached hydrogen (secondary N) is 1. The molecular formula is C10H10BrF2NO3. The van der Waals surface area contributed by atoms with Crippen LogP contribution in [0.5, 0.6) is 0 Å². The van der Waals surface area contributed by atoms with Crippen molar-refractivity contribution in [2.75, 3.05) is 6.61 Å². The Kier molecular flexibility index (Phi) is 4.80. The van der Waals surface area contributed by atoms with Gasteiger partial charge in [0, 0.05) is 11.9 Å². The van der Waals surface area contributed by atoms with E-state index in [0.29, 0.717) is 0 Å². The SMILES string of the molecule is CCOC(=O)Cc1[nH]cc(C(F)F)c(=O)c1Br. The molecule has 0 radical (unpaired) electrons. The minimum atomic E-state index is -2.85. The summed E-state index contributed by atoms with van der Waals surface area (Å²) in [6.45, 7) is 1.87. The molecule has 1 rings (SSSR count). The first-order chi connectivity index (χ1) is 7.97. The number of H-pyrrole nitrogens is 1. The molecule has 4 nitrogen and oxygen atoms in total. The summed E-state index contributed by atoms with van der Waals surface area (Å²) >= 11 is 2.89. The summed E-state index contributed by atoms with van der Waals surface area (Å²) in [6.07, 6.45) is -2.12. The van der Waals surface area contributed by atoms with Crippen LogP contribution in [0.4, 0.5) is 8.78 Å². The number of aromatic amines is 1. The van der Waals surface area contributed by atoms with Gasteiger partial charge >= 0.3 is 5.97 Å². The number of aromatic nitrogens is 1. The van der Waals surface area contributed by atoms with Crippen LogP contribution >= 0.6 is 15.9 Å². The van der Waals surface area contributed by atoms with Crippen molar-refractivity contribution in [3.8, 4) is 0 Å². The predicted octanol–water partition coefficient (Wildman–Crippen LogP) is 2.18. The van der Waals surface area contributed by atoms with Crippen molar-refractivity contribution >= 4 is 21.9 Å². The van der Waals surface area contributed by atoms with Crippen LogP contribution in [0.15, 0.2) is 15.5 Å². The van der Waals surface area contributed by atoms with E-state index in [9.17, 15) is 18.4 Å². The molecule has 0 fully saturated rings. The van der Waals surface area contributed by atoms with Crippen molar-refractivity contribution in [2.45, 2.75) is 19.8 Å². The first-order valence-corrected chi connectivity index (χ1v) is 5.60. The zero-order valence-corrected chi connectivity index (χ0v) is 10.5. The Labute approximate surface area is 104 Å². The number of alkyl halides is 2. The Morgan fingerprint density at radius 1 is 1.59 bits per heavy atom. The van der Waals surface area contributed by atoms with Crippen LogP contribution in [0.25, 0.3) is 0 Å².